The van der Waals surface area contributed by atoms with Crippen LogP contribution in [0.15, 0.2) is 18.3 Å². The van der Waals surface area contributed by atoms with E-state index in [4.69, 9.17) is 5.11 Å². The molecule has 8 heteroatoms. The first-order valence-electron chi connectivity index (χ1n) is 12.7. The number of hydrogen-bond acceptors (Lipinski definition) is 5. The Morgan fingerprint density at radius 3 is 2.15 bits per heavy atom. The summed E-state index contributed by atoms with van der Waals surface area (Å²) in [7, 11) is 1.40. The monoisotopic (exact) mass is 497 g/mol. The van der Waals surface area contributed by atoms with E-state index in [2.05, 4.69) is 37.6 Å². The van der Waals surface area contributed by atoms with Gasteiger partial charge >= 0.3 is 5.97 Å². The Morgan fingerprint density at radius 1 is 1.18 bits per heavy atom. The third-order valence-corrected chi connectivity index (χ3v) is 7.07. The molecule has 196 valence electrons. The number of nitrogens with zero attached hydrogens (tertiary/aromatic N) is 3. The number of anilines is 2. The van der Waals surface area contributed by atoms with Gasteiger partial charge in [-0.05, 0) is 37.8 Å². The quantitative estimate of drug-likeness (QED) is 0.397. The number of aliphatic carboxylic acids is 1. The van der Waals surface area contributed by atoms with Gasteiger partial charge in [-0.15, -0.1) is 0 Å². The topological polar surface area (TPSA) is 90.8 Å². The van der Waals surface area contributed by atoms with Gasteiger partial charge in [0, 0.05) is 41.6 Å². The fourth-order valence-corrected chi connectivity index (χ4v) is 4.97. The second-order valence-electron chi connectivity index (χ2n) is 8.78. The molecule has 1 aliphatic rings. The summed E-state index contributed by atoms with van der Waals surface area (Å²) >= 11 is 0. The Bertz CT molecular complexity index is 705. The van der Waals surface area contributed by atoms with Gasteiger partial charge in [-0.1, -0.05) is 66.2 Å². The molecular weight excluding hydrogens is 450 g/mol. The van der Waals surface area contributed by atoms with Gasteiger partial charge in [-0.25, -0.2) is 4.98 Å². The van der Waals surface area contributed by atoms with Crippen molar-refractivity contribution in [1.29, 1.82) is 0 Å². The minimum absolute atomic E-state index is 0.321. The molecule has 0 bridgehead atoms. The molecule has 1 atom stereocenters. The molecule has 0 radical (unpaired) electrons. The van der Waals surface area contributed by atoms with Crippen LogP contribution in [0, 0.1) is 0 Å². The molecule has 0 aliphatic heterocycles. The maximum atomic E-state index is 11.3. The van der Waals surface area contributed by atoms with Crippen LogP contribution in [0.25, 0.3) is 0 Å². The van der Waals surface area contributed by atoms with Crippen LogP contribution in [0.3, 0.4) is 0 Å². The van der Waals surface area contributed by atoms with Crippen molar-refractivity contribution < 1.29 is 18.9 Å². The zero-order valence-electron chi connectivity index (χ0n) is 22.2. The summed E-state index contributed by atoms with van der Waals surface area (Å²) in [5.41, 5.74) is 0.527. The Hall–Kier alpha value is -1.96. The minimum atomic E-state index is -1.05. The molecule has 2 rings (SSSR count). The van der Waals surface area contributed by atoms with Crippen molar-refractivity contribution in [2.45, 2.75) is 103 Å². The van der Waals surface area contributed by atoms with Crippen molar-refractivity contribution in [3.05, 3.63) is 18.3 Å². The number of carboxylic acids is 1. The Kier molecular flexibility index (Phi) is 18.2. The van der Waals surface area contributed by atoms with Gasteiger partial charge in [-0.2, -0.15) is 0 Å². The SMILES string of the molecule is CCC.CCCC(CCC)N(C)c1ncccc1N(C=O)CC(=O)O.CS(=O)C1CCCCC1. The molecule has 1 N–H and O–H groups in total. The summed E-state index contributed by atoms with van der Waals surface area (Å²) in [4.78, 5) is 29.8. The van der Waals surface area contributed by atoms with Crippen molar-refractivity contribution in [1.82, 2.24) is 4.98 Å². The molecule has 0 saturated heterocycles. The second kappa shape index (κ2) is 19.4. The lowest BCUT2D eigenvalue weighted by Gasteiger charge is -2.31. The molecule has 34 heavy (non-hydrogen) atoms. The van der Waals surface area contributed by atoms with Crippen LogP contribution in [0.4, 0.5) is 11.5 Å². The molecule has 0 spiro atoms. The molecule has 1 saturated carbocycles. The fourth-order valence-electron chi connectivity index (χ4n) is 3.98. The summed E-state index contributed by atoms with van der Waals surface area (Å²) in [5, 5.41) is 9.48. The van der Waals surface area contributed by atoms with E-state index in [1.54, 1.807) is 18.3 Å². The highest BCUT2D eigenvalue weighted by atomic mass is 32.2. The highest BCUT2D eigenvalue weighted by Crippen LogP contribution is 2.28. The normalized spacial score (nSPS) is 14.2. The van der Waals surface area contributed by atoms with Crippen molar-refractivity contribution in [3.8, 4) is 0 Å². The van der Waals surface area contributed by atoms with Crippen LogP contribution in [0.5, 0.6) is 0 Å². The third-order valence-electron chi connectivity index (χ3n) is 5.66. The number of carbonyl (C=O) groups is 2. The fraction of sp³-hybridized carbons (Fsp3) is 0.731. The Morgan fingerprint density at radius 2 is 1.74 bits per heavy atom. The summed E-state index contributed by atoms with van der Waals surface area (Å²) in [6.07, 6.45) is 15.8. The lowest BCUT2D eigenvalue weighted by molar-refractivity contribution is -0.136. The first kappa shape index (κ1) is 32.0. The van der Waals surface area contributed by atoms with Crippen LogP contribution in [0.1, 0.15) is 91.9 Å². The van der Waals surface area contributed by atoms with Gasteiger partial charge in [0.1, 0.15) is 6.54 Å². The Balaban J connectivity index is 0.000000745. The summed E-state index contributed by atoms with van der Waals surface area (Å²) in [5.74, 6) is -0.411. The van der Waals surface area contributed by atoms with Crippen molar-refractivity contribution in [3.63, 3.8) is 0 Å². The molecule has 0 aromatic carbocycles. The van der Waals surface area contributed by atoms with E-state index in [0.717, 1.165) is 25.7 Å². The van der Waals surface area contributed by atoms with Gasteiger partial charge in [0.2, 0.25) is 6.41 Å². The van der Waals surface area contributed by atoms with Crippen molar-refractivity contribution in [2.75, 3.05) is 29.6 Å². The van der Waals surface area contributed by atoms with E-state index in [-0.39, 0.29) is 6.54 Å². The zero-order chi connectivity index (χ0) is 25.9. The van der Waals surface area contributed by atoms with Gasteiger partial charge in [-0.3, -0.25) is 13.8 Å². The second-order valence-corrected chi connectivity index (χ2v) is 10.4. The zero-order valence-corrected chi connectivity index (χ0v) is 23.0. The predicted octanol–water partition coefficient (Wildman–Crippen LogP) is 5.65. The minimum Gasteiger partial charge on any atom is -0.480 e. The van der Waals surface area contributed by atoms with Crippen LogP contribution in [0.2, 0.25) is 0 Å². The molecular formula is C26H47N3O4S. The summed E-state index contributed by atoms with van der Waals surface area (Å²) in [6.45, 7) is 8.15. The van der Waals surface area contributed by atoms with E-state index < -0.39 is 16.8 Å². The van der Waals surface area contributed by atoms with Crippen LogP contribution < -0.4 is 9.80 Å². The number of aromatic nitrogens is 1. The number of carbonyl (C=O) groups excluding carboxylic acids is 1. The first-order chi connectivity index (χ1) is 16.3. The van der Waals surface area contributed by atoms with E-state index in [1.165, 1.54) is 43.4 Å². The maximum absolute atomic E-state index is 11.3. The third kappa shape index (κ3) is 12.5. The number of hydrogen-bond donors (Lipinski definition) is 1. The first-order valence-corrected chi connectivity index (χ1v) is 14.3. The highest BCUT2D eigenvalue weighted by Gasteiger charge is 2.21. The molecule has 7 nitrogen and oxygen atoms in total. The van der Waals surface area contributed by atoms with Crippen molar-refractivity contribution in [2.24, 2.45) is 0 Å². The van der Waals surface area contributed by atoms with E-state index in [1.807, 2.05) is 13.3 Å². The van der Waals surface area contributed by atoms with Crippen LogP contribution >= 0.6 is 0 Å². The standard InChI is InChI=1S/C16H25N3O3.C7H14OS.C3H8/c1-4-7-13(8-5-2)18(3)16-14(9-6-10-17-16)19(12-20)11-15(21)22;1-9(8)7-5-3-2-4-6-7;1-3-2/h6,9-10,12-13H,4-5,7-8,11H2,1-3H3,(H,21,22);7H,2-6H2,1H3;3H2,1-2H3. The molecule has 1 aromatic rings. The Labute approximate surface area is 209 Å². The number of carboxylic acid groups (broad SMARTS) is 1. The maximum Gasteiger partial charge on any atom is 0.323 e. The summed E-state index contributed by atoms with van der Waals surface area (Å²) < 4.78 is 10.9. The average Bonchev–Trinajstić information content (AvgIpc) is 2.83. The molecule has 1 unspecified atom stereocenters. The highest BCUT2D eigenvalue weighted by molar-refractivity contribution is 7.84. The largest absolute Gasteiger partial charge is 0.480 e. The van der Waals surface area contributed by atoms with E-state index in [0.29, 0.717) is 29.2 Å². The van der Waals surface area contributed by atoms with Crippen LogP contribution in [-0.4, -0.2) is 57.8 Å². The van der Waals surface area contributed by atoms with Gasteiger partial charge < -0.3 is 14.9 Å². The number of rotatable bonds is 11. The average molecular weight is 498 g/mol. The lowest BCUT2D eigenvalue weighted by atomic mass is 10.0. The summed E-state index contributed by atoms with van der Waals surface area (Å²) in [6, 6.07) is 3.76. The molecule has 1 heterocycles. The molecule has 1 fully saturated rings. The smallest absolute Gasteiger partial charge is 0.323 e. The van der Waals surface area contributed by atoms with E-state index in [9.17, 15) is 13.8 Å². The molecule has 1 amide bonds. The van der Waals surface area contributed by atoms with Gasteiger partial charge in [0.15, 0.2) is 5.82 Å². The number of pyridine rings is 1. The predicted molar refractivity (Wildman–Crippen MR) is 144 cm³/mol. The lowest BCUT2D eigenvalue weighted by Crippen LogP contribution is -2.35. The van der Waals surface area contributed by atoms with Gasteiger partial charge in [0.05, 0.1) is 5.69 Å². The van der Waals surface area contributed by atoms with E-state index >= 15 is 0 Å². The molecule has 1 aliphatic carbocycles. The van der Waals surface area contributed by atoms with Gasteiger partial charge in [0.25, 0.3) is 0 Å². The number of amides is 1. The van der Waals surface area contributed by atoms with Crippen molar-refractivity contribution >= 4 is 34.7 Å². The van der Waals surface area contributed by atoms with Crippen LogP contribution in [-0.2, 0) is 20.4 Å². The molecule has 1 aromatic heterocycles.